The van der Waals surface area contributed by atoms with Crippen molar-refractivity contribution in [3.63, 3.8) is 0 Å². The minimum atomic E-state index is 0.517. The maximum atomic E-state index is 6.13. The summed E-state index contributed by atoms with van der Waals surface area (Å²) in [5.41, 5.74) is 3.01. The van der Waals surface area contributed by atoms with Crippen LogP contribution < -0.4 is 0 Å². The van der Waals surface area contributed by atoms with Crippen LogP contribution in [0.1, 0.15) is 18.2 Å². The van der Waals surface area contributed by atoms with Crippen LogP contribution in [0.15, 0.2) is 18.5 Å². The molecule has 0 radical (unpaired) electrons. The van der Waals surface area contributed by atoms with E-state index in [0.717, 1.165) is 26.8 Å². The summed E-state index contributed by atoms with van der Waals surface area (Å²) in [5.74, 6) is 0.673. The summed E-state index contributed by atoms with van der Waals surface area (Å²) in [7, 11) is 0. The average molecular weight is 360 g/mol. The molecule has 0 unspecified atom stereocenters. The third-order valence-electron chi connectivity index (χ3n) is 2.48. The zero-order chi connectivity index (χ0) is 12.4. The number of hydrogen-bond donors (Lipinski definition) is 0. The summed E-state index contributed by atoms with van der Waals surface area (Å²) in [5, 5.41) is 0.517. The molecule has 0 aliphatic carbocycles. The standard InChI is InChI=1S/C12H11ClIN3/c1-3-9-10(14)11(13)17-12(16-9)8-4-5-15-6-7(8)2/h4-6H,3H2,1-2H3. The molecule has 0 aliphatic rings. The molecule has 0 aliphatic heterocycles. The fraction of sp³-hybridized carbons (Fsp3) is 0.250. The van der Waals surface area contributed by atoms with Crippen molar-refractivity contribution in [1.29, 1.82) is 0 Å². The van der Waals surface area contributed by atoms with Gasteiger partial charge in [-0.25, -0.2) is 9.97 Å². The van der Waals surface area contributed by atoms with Crippen molar-refractivity contribution in [3.05, 3.63) is 38.4 Å². The SMILES string of the molecule is CCc1nc(-c2ccncc2C)nc(Cl)c1I. The fourth-order valence-corrected chi connectivity index (χ4v) is 2.35. The van der Waals surface area contributed by atoms with Gasteiger partial charge < -0.3 is 0 Å². The van der Waals surface area contributed by atoms with E-state index < -0.39 is 0 Å². The van der Waals surface area contributed by atoms with Crippen LogP contribution in [0.25, 0.3) is 11.4 Å². The van der Waals surface area contributed by atoms with Crippen LogP contribution in [0.5, 0.6) is 0 Å². The van der Waals surface area contributed by atoms with Crippen molar-refractivity contribution >= 4 is 34.2 Å². The predicted molar refractivity (Wildman–Crippen MR) is 77.1 cm³/mol. The van der Waals surface area contributed by atoms with Crippen LogP contribution in [0.4, 0.5) is 0 Å². The number of nitrogens with zero attached hydrogens (tertiary/aromatic N) is 3. The van der Waals surface area contributed by atoms with Gasteiger partial charge in [0.05, 0.1) is 9.26 Å². The fourth-order valence-electron chi connectivity index (χ4n) is 1.54. The second-order valence-electron chi connectivity index (χ2n) is 3.64. The molecule has 2 aromatic rings. The Kier molecular flexibility index (Phi) is 3.93. The monoisotopic (exact) mass is 359 g/mol. The zero-order valence-corrected chi connectivity index (χ0v) is 12.5. The maximum Gasteiger partial charge on any atom is 0.161 e. The third-order valence-corrected chi connectivity index (χ3v) is 4.20. The Morgan fingerprint density at radius 1 is 1.35 bits per heavy atom. The van der Waals surface area contributed by atoms with Crippen LogP contribution in [0.3, 0.4) is 0 Å². The molecular weight excluding hydrogens is 349 g/mol. The lowest BCUT2D eigenvalue weighted by Crippen LogP contribution is -2.00. The van der Waals surface area contributed by atoms with Gasteiger partial charge in [-0.2, -0.15) is 0 Å². The molecule has 0 saturated heterocycles. The second kappa shape index (κ2) is 5.27. The van der Waals surface area contributed by atoms with Gasteiger partial charge >= 0.3 is 0 Å². The van der Waals surface area contributed by atoms with Crippen molar-refractivity contribution < 1.29 is 0 Å². The van der Waals surface area contributed by atoms with E-state index in [0.29, 0.717) is 11.0 Å². The molecular formula is C12H11ClIN3. The lowest BCUT2D eigenvalue weighted by Gasteiger charge is -2.08. The molecule has 0 saturated carbocycles. The quantitative estimate of drug-likeness (QED) is 0.607. The topological polar surface area (TPSA) is 38.7 Å². The summed E-state index contributed by atoms with van der Waals surface area (Å²) in [6.07, 6.45) is 4.39. The first-order chi connectivity index (χ1) is 8.13. The van der Waals surface area contributed by atoms with Gasteiger partial charge in [-0.1, -0.05) is 18.5 Å². The molecule has 88 valence electrons. The number of aryl methyl sites for hydroxylation is 2. The van der Waals surface area contributed by atoms with Crippen LogP contribution >= 0.6 is 34.2 Å². The van der Waals surface area contributed by atoms with E-state index >= 15 is 0 Å². The highest BCUT2D eigenvalue weighted by Gasteiger charge is 2.12. The number of halogens is 2. The minimum absolute atomic E-state index is 0.517. The maximum absolute atomic E-state index is 6.13. The number of aromatic nitrogens is 3. The molecule has 0 bridgehead atoms. The zero-order valence-electron chi connectivity index (χ0n) is 9.54. The van der Waals surface area contributed by atoms with Gasteiger partial charge in [0, 0.05) is 18.0 Å². The first-order valence-corrected chi connectivity index (χ1v) is 6.72. The summed E-state index contributed by atoms with van der Waals surface area (Å²) >= 11 is 8.31. The van der Waals surface area contributed by atoms with Gasteiger partial charge in [-0.3, -0.25) is 4.98 Å². The molecule has 0 amide bonds. The Bertz CT molecular complexity index is 557. The molecule has 0 spiro atoms. The smallest absolute Gasteiger partial charge is 0.161 e. The van der Waals surface area contributed by atoms with Gasteiger partial charge in [0.25, 0.3) is 0 Å². The molecule has 2 heterocycles. The Balaban J connectivity index is 2.61. The van der Waals surface area contributed by atoms with Crippen LogP contribution in [0.2, 0.25) is 5.15 Å². The van der Waals surface area contributed by atoms with E-state index in [1.807, 2.05) is 13.0 Å². The molecule has 3 nitrogen and oxygen atoms in total. The lowest BCUT2D eigenvalue weighted by molar-refractivity contribution is 0.987. The van der Waals surface area contributed by atoms with Crippen LogP contribution in [-0.4, -0.2) is 15.0 Å². The Morgan fingerprint density at radius 3 is 2.76 bits per heavy atom. The van der Waals surface area contributed by atoms with Crippen LogP contribution in [-0.2, 0) is 6.42 Å². The molecule has 0 aromatic carbocycles. The molecule has 0 fully saturated rings. The van der Waals surface area contributed by atoms with Gasteiger partial charge in [0.1, 0.15) is 5.15 Å². The number of pyridine rings is 1. The lowest BCUT2D eigenvalue weighted by atomic mass is 10.1. The van der Waals surface area contributed by atoms with Crippen molar-refractivity contribution in [3.8, 4) is 11.4 Å². The molecule has 5 heteroatoms. The molecule has 2 rings (SSSR count). The summed E-state index contributed by atoms with van der Waals surface area (Å²) < 4.78 is 0.933. The Labute approximate surface area is 119 Å². The number of rotatable bonds is 2. The number of hydrogen-bond acceptors (Lipinski definition) is 3. The van der Waals surface area contributed by atoms with E-state index in [9.17, 15) is 0 Å². The van der Waals surface area contributed by atoms with Crippen molar-refractivity contribution in [2.75, 3.05) is 0 Å². The first kappa shape index (κ1) is 12.7. The van der Waals surface area contributed by atoms with E-state index in [4.69, 9.17) is 11.6 Å². The average Bonchev–Trinajstić information content (AvgIpc) is 2.33. The van der Waals surface area contributed by atoms with E-state index in [2.05, 4.69) is 44.5 Å². The molecule has 0 atom stereocenters. The first-order valence-electron chi connectivity index (χ1n) is 5.26. The van der Waals surface area contributed by atoms with E-state index in [-0.39, 0.29) is 0 Å². The van der Waals surface area contributed by atoms with Crippen molar-refractivity contribution in [2.45, 2.75) is 20.3 Å². The summed E-state index contributed by atoms with van der Waals surface area (Å²) in [6, 6.07) is 1.91. The van der Waals surface area contributed by atoms with Gasteiger partial charge in [-0.15, -0.1) is 0 Å². The second-order valence-corrected chi connectivity index (χ2v) is 5.08. The predicted octanol–water partition coefficient (Wildman–Crippen LogP) is 3.67. The van der Waals surface area contributed by atoms with Gasteiger partial charge in [0.2, 0.25) is 0 Å². The largest absolute Gasteiger partial charge is 0.264 e. The highest BCUT2D eigenvalue weighted by Crippen LogP contribution is 2.25. The summed E-state index contributed by atoms with van der Waals surface area (Å²) in [4.78, 5) is 12.9. The van der Waals surface area contributed by atoms with Crippen molar-refractivity contribution in [1.82, 2.24) is 15.0 Å². The van der Waals surface area contributed by atoms with Gasteiger partial charge in [0.15, 0.2) is 5.82 Å². The molecule has 0 N–H and O–H groups in total. The Morgan fingerprint density at radius 2 is 2.12 bits per heavy atom. The van der Waals surface area contributed by atoms with E-state index in [1.54, 1.807) is 12.4 Å². The highest BCUT2D eigenvalue weighted by molar-refractivity contribution is 14.1. The molecule has 17 heavy (non-hydrogen) atoms. The van der Waals surface area contributed by atoms with Crippen molar-refractivity contribution in [2.24, 2.45) is 0 Å². The third kappa shape index (κ3) is 2.57. The molecule has 2 aromatic heterocycles. The normalized spacial score (nSPS) is 10.6. The Hall–Kier alpha value is -0.750. The summed E-state index contributed by atoms with van der Waals surface area (Å²) in [6.45, 7) is 4.05. The van der Waals surface area contributed by atoms with E-state index in [1.165, 1.54) is 0 Å². The van der Waals surface area contributed by atoms with Gasteiger partial charge in [-0.05, 0) is 47.6 Å². The minimum Gasteiger partial charge on any atom is -0.264 e. The highest BCUT2D eigenvalue weighted by atomic mass is 127. The van der Waals surface area contributed by atoms with Crippen LogP contribution in [0, 0.1) is 10.5 Å².